The molecule has 0 spiro atoms. The maximum Gasteiger partial charge on any atom is 0.246 e. The lowest BCUT2D eigenvalue weighted by Gasteiger charge is -2.26. The molecule has 0 bridgehead atoms. The molecule has 6 N–H and O–H groups in total. The van der Waals surface area contributed by atoms with Crippen LogP contribution in [-0.2, 0) is 16.0 Å². The van der Waals surface area contributed by atoms with Crippen molar-refractivity contribution in [2.24, 2.45) is 5.73 Å². The van der Waals surface area contributed by atoms with Crippen molar-refractivity contribution in [3.8, 4) is 0 Å². The van der Waals surface area contributed by atoms with Gasteiger partial charge in [-0.1, -0.05) is 12.1 Å². The summed E-state index contributed by atoms with van der Waals surface area (Å²) in [6, 6.07) is 13.6. The van der Waals surface area contributed by atoms with Crippen LogP contribution in [0.1, 0.15) is 11.4 Å². The molecule has 0 saturated heterocycles. The first-order valence-corrected chi connectivity index (χ1v) is 9.76. The lowest BCUT2D eigenvalue weighted by atomic mass is 10.1. The number of nitrogen functional groups attached to an aromatic ring is 1. The molecule has 1 atom stereocenters. The summed E-state index contributed by atoms with van der Waals surface area (Å²) in [6.07, 6.45) is 0.590. The summed E-state index contributed by atoms with van der Waals surface area (Å²) in [5.41, 5.74) is 10.2. The third-order valence-corrected chi connectivity index (χ3v) is 5.09. The molecule has 3 aromatic rings. The number of aromatic amines is 1. The fraction of sp³-hybridized carbons (Fsp3) is 0.286. The Morgan fingerprint density at radius 3 is 2.93 bits per heavy atom. The van der Waals surface area contributed by atoms with Crippen molar-refractivity contribution in [2.45, 2.75) is 12.6 Å². The number of benzene rings is 2. The van der Waals surface area contributed by atoms with Gasteiger partial charge in [0.2, 0.25) is 5.91 Å². The second-order valence-electron chi connectivity index (χ2n) is 7.19. The summed E-state index contributed by atoms with van der Waals surface area (Å²) < 4.78 is 4.87. The van der Waals surface area contributed by atoms with Gasteiger partial charge in [0.05, 0.1) is 22.4 Å². The van der Waals surface area contributed by atoms with Gasteiger partial charge in [0.1, 0.15) is 24.4 Å². The quantitative estimate of drug-likeness (QED) is 0.283. The SMILES string of the molecule is COCC(=O)NCCN1c2cc(C(=N)N)ccc2NC1Cc1nc2ccccc2[nH]1. The molecule has 1 aromatic heterocycles. The molecule has 1 amide bonds. The van der Waals surface area contributed by atoms with Crippen molar-refractivity contribution in [1.82, 2.24) is 15.3 Å². The predicted octanol–water partition coefficient (Wildman–Crippen LogP) is 1.41. The van der Waals surface area contributed by atoms with E-state index < -0.39 is 0 Å². The minimum Gasteiger partial charge on any atom is -0.384 e. The van der Waals surface area contributed by atoms with E-state index in [-0.39, 0.29) is 24.5 Å². The standard InChI is InChI=1S/C21H25N7O2/c1-30-12-20(29)24-8-9-28-17-10-13(21(22)23)6-7-16(17)27-19(28)11-18-25-14-4-2-3-5-15(14)26-18/h2-7,10,19,27H,8-9,11-12H2,1H3,(H3,22,23)(H,24,29)(H,25,26). The van der Waals surface area contributed by atoms with E-state index in [1.807, 2.05) is 42.5 Å². The number of amides is 1. The van der Waals surface area contributed by atoms with Crippen molar-refractivity contribution >= 4 is 34.2 Å². The number of hydrogen-bond acceptors (Lipinski definition) is 6. The van der Waals surface area contributed by atoms with Gasteiger partial charge >= 0.3 is 0 Å². The monoisotopic (exact) mass is 407 g/mol. The lowest BCUT2D eigenvalue weighted by molar-refractivity contribution is -0.124. The van der Waals surface area contributed by atoms with Crippen molar-refractivity contribution in [1.29, 1.82) is 5.41 Å². The molecule has 9 nitrogen and oxygen atoms in total. The number of amidine groups is 1. The number of aromatic nitrogens is 2. The summed E-state index contributed by atoms with van der Waals surface area (Å²) in [4.78, 5) is 22.0. The molecule has 0 saturated carbocycles. The van der Waals surface area contributed by atoms with E-state index in [1.165, 1.54) is 7.11 Å². The Bertz CT molecular complexity index is 1050. The largest absolute Gasteiger partial charge is 0.384 e. The number of nitrogens with zero attached hydrogens (tertiary/aromatic N) is 2. The zero-order chi connectivity index (χ0) is 21.1. The van der Waals surface area contributed by atoms with E-state index in [4.69, 9.17) is 15.9 Å². The number of hydrogen-bond donors (Lipinski definition) is 5. The fourth-order valence-electron chi connectivity index (χ4n) is 3.71. The number of anilines is 2. The number of carbonyl (C=O) groups excluding carboxylic acids is 1. The molecule has 0 fully saturated rings. The van der Waals surface area contributed by atoms with E-state index in [0.717, 1.165) is 28.2 Å². The molecule has 1 aliphatic heterocycles. The second kappa shape index (κ2) is 8.42. The number of nitrogens with one attached hydrogen (secondary N) is 4. The molecular weight excluding hydrogens is 382 g/mol. The van der Waals surface area contributed by atoms with Gasteiger partial charge in [-0.15, -0.1) is 0 Å². The van der Waals surface area contributed by atoms with Crippen LogP contribution >= 0.6 is 0 Å². The average Bonchev–Trinajstić information content (AvgIpc) is 3.28. The summed E-state index contributed by atoms with van der Waals surface area (Å²) >= 11 is 0. The molecule has 1 aliphatic rings. The predicted molar refractivity (Wildman–Crippen MR) is 117 cm³/mol. The third kappa shape index (κ3) is 4.06. The molecule has 2 aromatic carbocycles. The number of imidazole rings is 1. The van der Waals surface area contributed by atoms with Gasteiger partial charge in [0.15, 0.2) is 0 Å². The Morgan fingerprint density at radius 2 is 2.17 bits per heavy atom. The Hall–Kier alpha value is -3.59. The van der Waals surface area contributed by atoms with E-state index in [9.17, 15) is 4.79 Å². The second-order valence-corrected chi connectivity index (χ2v) is 7.19. The van der Waals surface area contributed by atoms with Gasteiger partial charge in [-0.25, -0.2) is 4.98 Å². The minimum atomic E-state index is -0.156. The molecule has 0 aliphatic carbocycles. The zero-order valence-electron chi connectivity index (χ0n) is 16.7. The van der Waals surface area contributed by atoms with E-state index in [0.29, 0.717) is 25.1 Å². The van der Waals surface area contributed by atoms with Crippen LogP contribution in [0, 0.1) is 5.41 Å². The highest BCUT2D eigenvalue weighted by Gasteiger charge is 2.30. The van der Waals surface area contributed by atoms with Gasteiger partial charge in [-0.2, -0.15) is 0 Å². The Labute approximate surface area is 174 Å². The van der Waals surface area contributed by atoms with Crippen LogP contribution in [-0.4, -0.2) is 54.7 Å². The highest BCUT2D eigenvalue weighted by Crippen LogP contribution is 2.36. The van der Waals surface area contributed by atoms with Crippen molar-refractivity contribution in [2.75, 3.05) is 37.0 Å². The van der Waals surface area contributed by atoms with Crippen LogP contribution in [0.15, 0.2) is 42.5 Å². The van der Waals surface area contributed by atoms with E-state index >= 15 is 0 Å². The maximum atomic E-state index is 11.7. The van der Waals surface area contributed by atoms with Gasteiger partial charge in [-0.05, 0) is 30.3 Å². The highest BCUT2D eigenvalue weighted by atomic mass is 16.5. The minimum absolute atomic E-state index is 0.0203. The Balaban J connectivity index is 1.55. The summed E-state index contributed by atoms with van der Waals surface area (Å²) in [6.45, 7) is 1.08. The van der Waals surface area contributed by atoms with Crippen molar-refractivity contribution < 1.29 is 9.53 Å². The first kappa shape index (κ1) is 19.7. The molecule has 156 valence electrons. The summed E-state index contributed by atoms with van der Waals surface area (Å²) in [5.74, 6) is 0.741. The topological polar surface area (TPSA) is 132 Å². The van der Waals surface area contributed by atoms with Gasteiger partial charge < -0.3 is 31.0 Å². The van der Waals surface area contributed by atoms with Gasteiger partial charge in [0, 0.05) is 32.2 Å². The first-order chi connectivity index (χ1) is 14.5. The average molecular weight is 407 g/mol. The summed E-state index contributed by atoms with van der Waals surface area (Å²) in [7, 11) is 1.49. The van der Waals surface area contributed by atoms with Crippen LogP contribution in [0.2, 0.25) is 0 Å². The Morgan fingerprint density at radius 1 is 1.33 bits per heavy atom. The lowest BCUT2D eigenvalue weighted by Crippen LogP contribution is -2.43. The van der Waals surface area contributed by atoms with Crippen LogP contribution in [0.4, 0.5) is 11.4 Å². The fourth-order valence-corrected chi connectivity index (χ4v) is 3.71. The molecule has 30 heavy (non-hydrogen) atoms. The van der Waals surface area contributed by atoms with Gasteiger partial charge in [-0.3, -0.25) is 10.2 Å². The zero-order valence-corrected chi connectivity index (χ0v) is 16.7. The number of carbonyl (C=O) groups is 1. The number of nitrogens with two attached hydrogens (primary N) is 1. The van der Waals surface area contributed by atoms with Crippen molar-refractivity contribution in [3.63, 3.8) is 0 Å². The van der Waals surface area contributed by atoms with Crippen LogP contribution < -0.4 is 21.3 Å². The Kier molecular flexibility index (Phi) is 5.53. The number of rotatable bonds is 8. The molecule has 9 heteroatoms. The van der Waals surface area contributed by atoms with Crippen LogP contribution in [0.25, 0.3) is 11.0 Å². The number of para-hydroxylation sites is 2. The smallest absolute Gasteiger partial charge is 0.246 e. The summed E-state index contributed by atoms with van der Waals surface area (Å²) in [5, 5.41) is 14.1. The third-order valence-electron chi connectivity index (χ3n) is 5.09. The molecular formula is C21H25N7O2. The molecule has 0 radical (unpaired) electrons. The maximum absolute atomic E-state index is 11.7. The first-order valence-electron chi connectivity index (χ1n) is 9.76. The van der Waals surface area contributed by atoms with E-state index in [2.05, 4.69) is 25.5 Å². The van der Waals surface area contributed by atoms with E-state index in [1.54, 1.807) is 0 Å². The number of H-pyrrole nitrogens is 1. The van der Waals surface area contributed by atoms with Crippen LogP contribution in [0.5, 0.6) is 0 Å². The van der Waals surface area contributed by atoms with Gasteiger partial charge in [0.25, 0.3) is 0 Å². The molecule has 4 rings (SSSR count). The number of ether oxygens (including phenoxy) is 1. The molecule has 2 heterocycles. The number of fused-ring (bicyclic) bond motifs is 2. The normalized spacial score (nSPS) is 15.1. The van der Waals surface area contributed by atoms with Crippen LogP contribution in [0.3, 0.4) is 0 Å². The number of methoxy groups -OCH3 is 1. The van der Waals surface area contributed by atoms with Crippen molar-refractivity contribution in [3.05, 3.63) is 53.9 Å². The molecule has 1 unspecified atom stereocenters. The highest BCUT2D eigenvalue weighted by molar-refractivity contribution is 5.97.